The highest BCUT2D eigenvalue weighted by Gasteiger charge is 2.11. The molecule has 1 N–H and O–H groups in total. The fourth-order valence-corrected chi connectivity index (χ4v) is 2.23. The van der Waals surface area contributed by atoms with Gasteiger partial charge in [-0.1, -0.05) is 6.92 Å². The van der Waals surface area contributed by atoms with Crippen molar-refractivity contribution < 1.29 is 13.5 Å². The number of nitrogens with one attached hydrogen (secondary N) is 1. The van der Waals surface area contributed by atoms with Crippen molar-refractivity contribution >= 4 is 22.7 Å². The molecule has 0 spiro atoms. The van der Waals surface area contributed by atoms with Crippen molar-refractivity contribution in [2.75, 3.05) is 12.0 Å². The zero-order valence-corrected chi connectivity index (χ0v) is 12.5. The summed E-state index contributed by atoms with van der Waals surface area (Å²) in [5, 5.41) is 6.41. The van der Waals surface area contributed by atoms with Crippen LogP contribution < -0.4 is 10.2 Å². The Balaban J connectivity index is 2.17. The lowest BCUT2D eigenvalue weighted by Gasteiger charge is -2.09. The Bertz CT molecular complexity index is 643. The van der Waals surface area contributed by atoms with Gasteiger partial charge < -0.3 is 4.74 Å². The lowest BCUT2D eigenvalue weighted by atomic mass is 10.2. The molecule has 0 radical (unpaired) electrons. The Kier molecular flexibility index (Phi) is 5.21. The molecule has 1 aromatic heterocycles. The average Bonchev–Trinajstić information content (AvgIpc) is 2.83. The fraction of sp³-hybridized carbons (Fsp3) is 0.286. The Morgan fingerprint density at radius 2 is 2.24 bits per heavy atom. The van der Waals surface area contributed by atoms with Gasteiger partial charge in [0.15, 0.2) is 11.6 Å². The monoisotopic (exact) mass is 311 g/mol. The van der Waals surface area contributed by atoms with Crippen LogP contribution in [0, 0.1) is 18.6 Å². The van der Waals surface area contributed by atoms with Crippen LogP contribution in [0.5, 0.6) is 5.75 Å². The second kappa shape index (κ2) is 7.12. The molecule has 2 aromatic rings. The molecular formula is C14H15F2N3OS. The largest absolute Gasteiger partial charge is 0.490 e. The van der Waals surface area contributed by atoms with E-state index in [1.54, 1.807) is 0 Å². The van der Waals surface area contributed by atoms with Gasteiger partial charge in [0.2, 0.25) is 5.13 Å². The predicted molar refractivity (Wildman–Crippen MR) is 80.2 cm³/mol. The lowest BCUT2D eigenvalue weighted by Crippen LogP contribution is -2.03. The highest BCUT2D eigenvalue weighted by atomic mass is 32.1. The molecule has 0 aliphatic carbocycles. The number of aryl methyl sites for hydroxylation is 1. The summed E-state index contributed by atoms with van der Waals surface area (Å²) in [7, 11) is 0. The molecule has 21 heavy (non-hydrogen) atoms. The van der Waals surface area contributed by atoms with Crippen LogP contribution in [0.1, 0.15) is 24.6 Å². The number of benzene rings is 1. The van der Waals surface area contributed by atoms with Crippen LogP contribution in [0.25, 0.3) is 0 Å². The van der Waals surface area contributed by atoms with E-state index in [9.17, 15) is 8.78 Å². The number of nitrogens with zero attached hydrogens (tertiary/aromatic N) is 2. The Labute approximate surface area is 125 Å². The molecule has 7 heteroatoms. The molecule has 0 atom stereocenters. The number of ether oxygens (including phenoxy) is 1. The van der Waals surface area contributed by atoms with Gasteiger partial charge in [-0.15, -0.1) is 11.3 Å². The molecular weight excluding hydrogens is 296 g/mol. The van der Waals surface area contributed by atoms with E-state index in [-0.39, 0.29) is 11.3 Å². The van der Waals surface area contributed by atoms with Gasteiger partial charge >= 0.3 is 0 Å². The van der Waals surface area contributed by atoms with Crippen molar-refractivity contribution in [1.29, 1.82) is 0 Å². The Morgan fingerprint density at radius 3 is 2.90 bits per heavy atom. The first-order valence-corrected chi connectivity index (χ1v) is 7.31. The van der Waals surface area contributed by atoms with Crippen molar-refractivity contribution in [3.63, 3.8) is 0 Å². The van der Waals surface area contributed by atoms with E-state index in [2.05, 4.69) is 15.5 Å². The Morgan fingerprint density at radius 1 is 1.43 bits per heavy atom. The summed E-state index contributed by atoms with van der Waals surface area (Å²) in [5.41, 5.74) is 3.83. The third-order valence-corrected chi connectivity index (χ3v) is 3.34. The number of hydrazone groups is 1. The molecule has 0 aliphatic rings. The van der Waals surface area contributed by atoms with Crippen molar-refractivity contribution in [3.8, 4) is 5.75 Å². The number of thiazole rings is 1. The normalized spacial score (nSPS) is 11.0. The van der Waals surface area contributed by atoms with E-state index in [0.29, 0.717) is 11.7 Å². The maximum atomic E-state index is 13.7. The predicted octanol–water partition coefficient (Wildman–Crippen LogP) is 3.96. The van der Waals surface area contributed by atoms with Crippen molar-refractivity contribution in [2.24, 2.45) is 5.10 Å². The topological polar surface area (TPSA) is 46.5 Å². The van der Waals surface area contributed by atoms with Gasteiger partial charge in [0, 0.05) is 17.0 Å². The first kappa shape index (κ1) is 15.4. The second-order valence-electron chi connectivity index (χ2n) is 4.32. The molecule has 1 aromatic carbocycles. The van der Waals surface area contributed by atoms with E-state index in [4.69, 9.17) is 4.74 Å². The highest BCUT2D eigenvalue weighted by molar-refractivity contribution is 7.13. The van der Waals surface area contributed by atoms with Gasteiger partial charge in [0.05, 0.1) is 18.5 Å². The third kappa shape index (κ3) is 4.22. The van der Waals surface area contributed by atoms with Crippen LogP contribution in [0.15, 0.2) is 22.6 Å². The maximum absolute atomic E-state index is 13.7. The zero-order chi connectivity index (χ0) is 15.2. The standard InChI is InChI=1S/C14H15F2N3OS/c1-3-4-20-13-10(5-11(15)6-12(13)16)7-17-19-14-18-9(2)8-21-14/h5-8H,3-4H2,1-2H3,(H,18,19). The SMILES string of the molecule is CCCOc1c(F)cc(F)cc1C=NNc1nc(C)cs1. The number of hydrogen-bond acceptors (Lipinski definition) is 5. The number of anilines is 1. The van der Waals surface area contributed by atoms with E-state index >= 15 is 0 Å². The third-order valence-electron chi connectivity index (χ3n) is 2.47. The number of rotatable bonds is 6. The van der Waals surface area contributed by atoms with Gasteiger partial charge in [-0.2, -0.15) is 5.10 Å². The van der Waals surface area contributed by atoms with E-state index in [0.717, 1.165) is 18.2 Å². The lowest BCUT2D eigenvalue weighted by molar-refractivity contribution is 0.300. The van der Waals surface area contributed by atoms with Crippen LogP contribution in [-0.2, 0) is 0 Å². The first-order valence-electron chi connectivity index (χ1n) is 6.43. The minimum absolute atomic E-state index is 0.000815. The van der Waals surface area contributed by atoms with Crippen LogP contribution in [-0.4, -0.2) is 17.8 Å². The molecule has 0 fully saturated rings. The second-order valence-corrected chi connectivity index (χ2v) is 5.18. The van der Waals surface area contributed by atoms with Gasteiger partial charge in [0.25, 0.3) is 0 Å². The van der Waals surface area contributed by atoms with Crippen LogP contribution in [0.3, 0.4) is 0 Å². The Hall–Kier alpha value is -2.02. The molecule has 0 aliphatic heterocycles. The average molecular weight is 311 g/mol. The van der Waals surface area contributed by atoms with Gasteiger partial charge in [-0.05, 0) is 19.4 Å². The summed E-state index contributed by atoms with van der Waals surface area (Å²) in [5.74, 6) is -1.42. The van der Waals surface area contributed by atoms with E-state index in [1.807, 2.05) is 19.2 Å². The van der Waals surface area contributed by atoms with Crippen LogP contribution in [0.2, 0.25) is 0 Å². The number of hydrogen-bond donors (Lipinski definition) is 1. The van der Waals surface area contributed by atoms with Gasteiger partial charge in [0.1, 0.15) is 5.82 Å². The summed E-state index contributed by atoms with van der Waals surface area (Å²) < 4.78 is 32.3. The smallest absolute Gasteiger partial charge is 0.203 e. The molecule has 0 amide bonds. The molecule has 0 unspecified atom stereocenters. The van der Waals surface area contributed by atoms with Crippen molar-refractivity contribution in [3.05, 3.63) is 40.4 Å². The summed E-state index contributed by atoms with van der Waals surface area (Å²) >= 11 is 1.39. The minimum atomic E-state index is -0.741. The molecule has 0 saturated carbocycles. The molecule has 0 bridgehead atoms. The summed E-state index contributed by atoms with van der Waals surface area (Å²) in [6, 6.07) is 1.96. The maximum Gasteiger partial charge on any atom is 0.203 e. The number of aromatic nitrogens is 1. The quantitative estimate of drug-likeness (QED) is 0.649. The highest BCUT2D eigenvalue weighted by Crippen LogP contribution is 2.23. The van der Waals surface area contributed by atoms with E-state index < -0.39 is 11.6 Å². The molecule has 4 nitrogen and oxygen atoms in total. The fourth-order valence-electron chi connectivity index (χ4n) is 1.59. The first-order chi connectivity index (χ1) is 10.1. The summed E-state index contributed by atoms with van der Waals surface area (Å²) in [6.45, 7) is 4.12. The summed E-state index contributed by atoms with van der Waals surface area (Å²) in [6.07, 6.45) is 2.04. The van der Waals surface area contributed by atoms with E-state index in [1.165, 1.54) is 23.6 Å². The summed E-state index contributed by atoms with van der Waals surface area (Å²) in [4.78, 5) is 4.16. The van der Waals surface area contributed by atoms with Crippen LogP contribution >= 0.6 is 11.3 Å². The van der Waals surface area contributed by atoms with Crippen LogP contribution in [0.4, 0.5) is 13.9 Å². The van der Waals surface area contributed by atoms with Crippen molar-refractivity contribution in [1.82, 2.24) is 4.98 Å². The minimum Gasteiger partial charge on any atom is -0.490 e. The molecule has 112 valence electrons. The van der Waals surface area contributed by atoms with Gasteiger partial charge in [-0.25, -0.2) is 13.8 Å². The van der Waals surface area contributed by atoms with Gasteiger partial charge in [-0.3, -0.25) is 5.43 Å². The van der Waals surface area contributed by atoms with Crippen molar-refractivity contribution in [2.45, 2.75) is 20.3 Å². The zero-order valence-electron chi connectivity index (χ0n) is 11.7. The molecule has 2 rings (SSSR count). The molecule has 0 saturated heterocycles. The molecule has 1 heterocycles. The number of halogens is 2.